The van der Waals surface area contributed by atoms with E-state index in [-0.39, 0.29) is 11.4 Å². The maximum atomic E-state index is 13.7. The Hall–Kier alpha value is -3.90. The first kappa shape index (κ1) is 25.2. The molecular formula is C30H30N2O3S. The summed E-state index contributed by atoms with van der Waals surface area (Å²) in [7, 11) is -3.98. The standard InChI is InChI=1S/C30H30N2O3S/c1-3-24-12-10-11-17-28(24)32(36(34,35)27-15-8-5-9-16-27)22-29(33)31-30(25-13-6-4-7-14-25)26-20-18-23(2)19-21-26/h4-21,30H,3,22H2,1-2H3,(H,31,33)/t30-/m1/s1. The van der Waals surface area contributed by atoms with Crippen molar-refractivity contribution in [3.05, 3.63) is 131 Å². The third kappa shape index (κ3) is 5.66. The molecule has 0 aliphatic rings. The van der Waals surface area contributed by atoms with Crippen molar-refractivity contribution in [3.8, 4) is 0 Å². The van der Waals surface area contributed by atoms with Crippen LogP contribution in [-0.2, 0) is 21.2 Å². The van der Waals surface area contributed by atoms with Gasteiger partial charge < -0.3 is 5.32 Å². The first-order chi connectivity index (χ1) is 17.4. The molecule has 0 saturated carbocycles. The quantitative estimate of drug-likeness (QED) is 0.324. The van der Waals surface area contributed by atoms with E-state index in [0.717, 1.165) is 22.3 Å². The Kier molecular flexibility index (Phi) is 7.86. The van der Waals surface area contributed by atoms with Gasteiger partial charge in [0.2, 0.25) is 5.91 Å². The molecule has 5 nitrogen and oxygen atoms in total. The fourth-order valence-electron chi connectivity index (χ4n) is 4.17. The number of hydrogen-bond acceptors (Lipinski definition) is 3. The second kappa shape index (κ2) is 11.2. The Morgan fingerprint density at radius 2 is 1.33 bits per heavy atom. The molecule has 0 heterocycles. The average Bonchev–Trinajstić information content (AvgIpc) is 2.92. The highest BCUT2D eigenvalue weighted by molar-refractivity contribution is 7.92. The lowest BCUT2D eigenvalue weighted by Gasteiger charge is -2.27. The number of rotatable bonds is 9. The number of anilines is 1. The summed E-state index contributed by atoms with van der Waals surface area (Å²) in [5, 5.41) is 3.09. The maximum Gasteiger partial charge on any atom is 0.264 e. The van der Waals surface area contributed by atoms with Crippen LogP contribution in [0, 0.1) is 6.92 Å². The van der Waals surface area contributed by atoms with Crippen LogP contribution in [0.15, 0.2) is 114 Å². The predicted octanol–water partition coefficient (Wildman–Crippen LogP) is 5.66. The Labute approximate surface area is 213 Å². The van der Waals surface area contributed by atoms with Crippen LogP contribution in [0.4, 0.5) is 5.69 Å². The molecule has 1 amide bonds. The number of carbonyl (C=O) groups is 1. The first-order valence-corrected chi connectivity index (χ1v) is 13.4. The van der Waals surface area contributed by atoms with Crippen LogP contribution in [0.1, 0.15) is 35.2 Å². The monoisotopic (exact) mass is 498 g/mol. The van der Waals surface area contributed by atoms with Crippen LogP contribution in [0.25, 0.3) is 0 Å². The molecule has 0 aromatic heterocycles. The van der Waals surface area contributed by atoms with Crippen LogP contribution in [0.3, 0.4) is 0 Å². The number of amides is 1. The Morgan fingerprint density at radius 3 is 1.97 bits per heavy atom. The molecule has 0 aliphatic carbocycles. The summed E-state index contributed by atoms with van der Waals surface area (Å²) < 4.78 is 28.7. The summed E-state index contributed by atoms with van der Waals surface area (Å²) in [6.45, 7) is 3.63. The molecule has 4 aromatic rings. The minimum Gasteiger partial charge on any atom is -0.344 e. The van der Waals surface area contributed by atoms with E-state index in [9.17, 15) is 13.2 Å². The zero-order chi connectivity index (χ0) is 25.5. The highest BCUT2D eigenvalue weighted by Gasteiger charge is 2.29. The molecule has 0 unspecified atom stereocenters. The summed E-state index contributed by atoms with van der Waals surface area (Å²) in [5.41, 5.74) is 4.31. The second-order valence-electron chi connectivity index (χ2n) is 8.63. The molecule has 0 saturated heterocycles. The van der Waals surface area contributed by atoms with Gasteiger partial charge in [0.25, 0.3) is 10.0 Å². The SMILES string of the molecule is CCc1ccccc1N(CC(=O)N[C@H](c1ccccc1)c1ccc(C)cc1)S(=O)(=O)c1ccccc1. The highest BCUT2D eigenvalue weighted by atomic mass is 32.2. The Morgan fingerprint density at radius 1 is 0.778 bits per heavy atom. The van der Waals surface area contributed by atoms with Crippen LogP contribution in [0.5, 0.6) is 0 Å². The van der Waals surface area contributed by atoms with Crippen LogP contribution in [0.2, 0.25) is 0 Å². The van der Waals surface area contributed by atoms with Crippen molar-refractivity contribution in [1.82, 2.24) is 5.32 Å². The normalized spacial score (nSPS) is 12.1. The van der Waals surface area contributed by atoms with E-state index in [4.69, 9.17) is 0 Å². The number of nitrogens with one attached hydrogen (secondary N) is 1. The van der Waals surface area contributed by atoms with Gasteiger partial charge in [-0.1, -0.05) is 103 Å². The van der Waals surface area contributed by atoms with Gasteiger partial charge in [-0.2, -0.15) is 0 Å². The molecule has 1 N–H and O–H groups in total. The van der Waals surface area contributed by atoms with E-state index >= 15 is 0 Å². The van der Waals surface area contributed by atoms with Gasteiger partial charge in [0.05, 0.1) is 16.6 Å². The van der Waals surface area contributed by atoms with Crippen molar-refractivity contribution in [2.24, 2.45) is 0 Å². The molecular weight excluding hydrogens is 468 g/mol. The van der Waals surface area contributed by atoms with Gasteiger partial charge >= 0.3 is 0 Å². The highest BCUT2D eigenvalue weighted by Crippen LogP contribution is 2.28. The zero-order valence-corrected chi connectivity index (χ0v) is 21.3. The largest absolute Gasteiger partial charge is 0.344 e. The molecule has 0 bridgehead atoms. The fourth-order valence-corrected chi connectivity index (χ4v) is 5.65. The van der Waals surface area contributed by atoms with E-state index < -0.39 is 22.0 Å². The summed E-state index contributed by atoms with van der Waals surface area (Å²) >= 11 is 0. The second-order valence-corrected chi connectivity index (χ2v) is 10.5. The van der Waals surface area contributed by atoms with Gasteiger partial charge in [-0.05, 0) is 48.2 Å². The third-order valence-electron chi connectivity index (χ3n) is 6.11. The minimum absolute atomic E-state index is 0.141. The summed E-state index contributed by atoms with van der Waals surface area (Å²) in [6, 6.07) is 32.8. The van der Waals surface area contributed by atoms with Gasteiger partial charge in [-0.25, -0.2) is 8.42 Å². The molecule has 0 aliphatic heterocycles. The van der Waals surface area contributed by atoms with Crippen molar-refractivity contribution < 1.29 is 13.2 Å². The van der Waals surface area contributed by atoms with E-state index in [2.05, 4.69) is 5.32 Å². The summed E-state index contributed by atoms with van der Waals surface area (Å²) in [4.78, 5) is 13.7. The molecule has 0 radical (unpaired) electrons. The molecule has 6 heteroatoms. The van der Waals surface area contributed by atoms with E-state index in [1.165, 1.54) is 4.31 Å². The van der Waals surface area contributed by atoms with Crippen molar-refractivity contribution in [2.75, 3.05) is 10.8 Å². The van der Waals surface area contributed by atoms with Gasteiger partial charge in [0.15, 0.2) is 0 Å². The van der Waals surface area contributed by atoms with Crippen LogP contribution in [-0.4, -0.2) is 20.9 Å². The number of benzene rings is 4. The van der Waals surface area contributed by atoms with Crippen LogP contribution < -0.4 is 9.62 Å². The van der Waals surface area contributed by atoms with Crippen LogP contribution >= 0.6 is 0 Å². The molecule has 4 aromatic carbocycles. The Balaban J connectivity index is 1.71. The number of sulfonamides is 1. The average molecular weight is 499 g/mol. The van der Waals surface area contributed by atoms with E-state index in [1.807, 2.05) is 80.6 Å². The summed E-state index contributed by atoms with van der Waals surface area (Å²) in [5.74, 6) is -0.394. The van der Waals surface area contributed by atoms with Gasteiger partial charge in [0, 0.05) is 0 Å². The topological polar surface area (TPSA) is 66.5 Å². The van der Waals surface area contributed by atoms with Crippen molar-refractivity contribution >= 4 is 21.6 Å². The zero-order valence-electron chi connectivity index (χ0n) is 20.5. The van der Waals surface area contributed by atoms with Crippen molar-refractivity contribution in [2.45, 2.75) is 31.2 Å². The maximum absolute atomic E-state index is 13.7. The predicted molar refractivity (Wildman–Crippen MR) is 144 cm³/mol. The van der Waals surface area contributed by atoms with Gasteiger partial charge in [0.1, 0.15) is 6.54 Å². The smallest absolute Gasteiger partial charge is 0.264 e. The first-order valence-electron chi connectivity index (χ1n) is 12.0. The van der Waals surface area contributed by atoms with E-state index in [1.54, 1.807) is 42.5 Å². The molecule has 36 heavy (non-hydrogen) atoms. The molecule has 4 rings (SSSR count). The molecule has 0 fully saturated rings. The third-order valence-corrected chi connectivity index (χ3v) is 7.88. The van der Waals surface area contributed by atoms with E-state index in [0.29, 0.717) is 12.1 Å². The lowest BCUT2D eigenvalue weighted by Crippen LogP contribution is -2.42. The van der Waals surface area contributed by atoms with Gasteiger partial charge in [-0.3, -0.25) is 9.10 Å². The molecule has 184 valence electrons. The molecule has 1 atom stereocenters. The van der Waals surface area contributed by atoms with Crippen molar-refractivity contribution in [3.63, 3.8) is 0 Å². The van der Waals surface area contributed by atoms with Gasteiger partial charge in [-0.15, -0.1) is 0 Å². The number of para-hydroxylation sites is 1. The number of nitrogens with zero attached hydrogens (tertiary/aromatic N) is 1. The number of carbonyl (C=O) groups excluding carboxylic acids is 1. The Bertz CT molecular complexity index is 1400. The van der Waals surface area contributed by atoms with Crippen molar-refractivity contribution in [1.29, 1.82) is 0 Å². The number of aryl methyl sites for hydroxylation is 2. The lowest BCUT2D eigenvalue weighted by atomic mass is 9.98. The number of hydrogen-bond donors (Lipinski definition) is 1. The fraction of sp³-hybridized carbons (Fsp3) is 0.167. The lowest BCUT2D eigenvalue weighted by molar-refractivity contribution is -0.120. The minimum atomic E-state index is -3.98. The molecule has 0 spiro atoms. The summed E-state index contributed by atoms with van der Waals surface area (Å²) in [6.07, 6.45) is 0.634.